The van der Waals surface area contributed by atoms with E-state index in [1.54, 1.807) is 7.11 Å². The van der Waals surface area contributed by atoms with E-state index in [4.69, 9.17) is 9.72 Å². The highest BCUT2D eigenvalue weighted by atomic mass is 32.2. The van der Waals surface area contributed by atoms with Gasteiger partial charge in [0.2, 0.25) is 5.88 Å². The van der Waals surface area contributed by atoms with Crippen molar-refractivity contribution in [2.75, 3.05) is 7.11 Å². The quantitative estimate of drug-likeness (QED) is 0.747. The molecule has 4 aliphatic rings. The Labute approximate surface area is 170 Å². The third-order valence-corrected chi connectivity index (χ3v) is 7.71. The summed E-state index contributed by atoms with van der Waals surface area (Å²) in [5.74, 6) is 1.73. The van der Waals surface area contributed by atoms with Crippen molar-refractivity contribution < 1.29 is 9.84 Å². The van der Waals surface area contributed by atoms with E-state index in [1.165, 1.54) is 28.9 Å². The summed E-state index contributed by atoms with van der Waals surface area (Å²) in [5, 5.41) is 11.0. The molecule has 5 rings (SSSR count). The number of hydrogen-bond donors (Lipinski definition) is 1. The molecule has 1 saturated heterocycles. The highest BCUT2D eigenvalue weighted by molar-refractivity contribution is 8.04. The van der Waals surface area contributed by atoms with Crippen molar-refractivity contribution in [3.63, 3.8) is 0 Å². The Kier molecular flexibility index (Phi) is 4.89. The van der Waals surface area contributed by atoms with Crippen LogP contribution in [0, 0.1) is 5.92 Å². The van der Waals surface area contributed by atoms with Crippen LogP contribution >= 0.6 is 11.8 Å². The van der Waals surface area contributed by atoms with E-state index in [2.05, 4.69) is 29.3 Å². The molecular weight excluding hydrogens is 368 g/mol. The van der Waals surface area contributed by atoms with Gasteiger partial charge in [-0.25, -0.2) is 4.98 Å². The van der Waals surface area contributed by atoms with Gasteiger partial charge in [0.1, 0.15) is 5.82 Å². The van der Waals surface area contributed by atoms with Gasteiger partial charge in [-0.15, -0.1) is 11.8 Å². The number of aliphatic hydroxyl groups is 1. The maximum Gasteiger partial charge on any atom is 0.216 e. The summed E-state index contributed by atoms with van der Waals surface area (Å²) < 4.78 is 5.51. The van der Waals surface area contributed by atoms with Gasteiger partial charge in [0.05, 0.1) is 24.8 Å². The minimum Gasteiger partial charge on any atom is -0.481 e. The molecule has 1 aliphatic heterocycles. The van der Waals surface area contributed by atoms with Gasteiger partial charge in [-0.1, -0.05) is 30.4 Å². The first-order valence-corrected chi connectivity index (χ1v) is 11.2. The monoisotopic (exact) mass is 394 g/mol. The Hall–Kier alpha value is -1.85. The summed E-state index contributed by atoms with van der Waals surface area (Å²) >= 11 is 2.00. The van der Waals surface area contributed by atoms with Gasteiger partial charge >= 0.3 is 0 Å². The zero-order chi connectivity index (χ0) is 19.1. The molecule has 1 aromatic rings. The molecule has 0 saturated carbocycles. The van der Waals surface area contributed by atoms with E-state index in [-0.39, 0.29) is 5.92 Å². The lowest BCUT2D eigenvalue weighted by Gasteiger charge is -2.24. The molecule has 4 unspecified atom stereocenters. The fraction of sp³-hybridized carbons (Fsp3) is 0.478. The standard InChI is InChI=1S/C23H26N2O2S/c1-27-21-13-18(24-23(25-21)17-8-2-4-11-19(17)26)16-10-6-9-15-14-7-3-5-12-20(14)28-22(15)16/h2,5,8-9,12-14,17,19-20,26H,3-4,6-7,10-11H2,1H3. The minimum absolute atomic E-state index is 0.159. The first kappa shape index (κ1) is 18.2. The van der Waals surface area contributed by atoms with Crippen LogP contribution < -0.4 is 4.74 Å². The van der Waals surface area contributed by atoms with Crippen molar-refractivity contribution in [1.82, 2.24) is 9.97 Å². The number of ether oxygens (including phenoxy) is 1. The van der Waals surface area contributed by atoms with E-state index < -0.39 is 6.10 Å². The largest absolute Gasteiger partial charge is 0.481 e. The summed E-state index contributed by atoms with van der Waals surface area (Å²) in [6, 6.07) is 1.96. The molecule has 0 bridgehead atoms. The third kappa shape index (κ3) is 3.15. The minimum atomic E-state index is -0.432. The van der Waals surface area contributed by atoms with Gasteiger partial charge in [0.25, 0.3) is 0 Å². The molecule has 2 heterocycles. The lowest BCUT2D eigenvalue weighted by Crippen LogP contribution is -2.22. The van der Waals surface area contributed by atoms with Crippen molar-refractivity contribution in [3.05, 3.63) is 58.4 Å². The maximum absolute atomic E-state index is 10.5. The molecule has 1 aromatic heterocycles. The Balaban J connectivity index is 1.58. The number of allylic oxidation sites excluding steroid dienone is 5. The van der Waals surface area contributed by atoms with E-state index in [9.17, 15) is 5.11 Å². The van der Waals surface area contributed by atoms with Crippen molar-refractivity contribution in [1.29, 1.82) is 0 Å². The predicted octanol–water partition coefficient (Wildman–Crippen LogP) is 4.79. The highest BCUT2D eigenvalue weighted by Gasteiger charge is 2.38. The fourth-order valence-corrected chi connectivity index (χ4v) is 6.41. The van der Waals surface area contributed by atoms with Gasteiger partial charge in [0, 0.05) is 22.1 Å². The van der Waals surface area contributed by atoms with E-state index in [0.717, 1.165) is 31.4 Å². The van der Waals surface area contributed by atoms with Crippen LogP contribution in [0.4, 0.5) is 0 Å². The zero-order valence-electron chi connectivity index (χ0n) is 16.2. The lowest BCUT2D eigenvalue weighted by atomic mass is 9.83. The molecule has 1 N–H and O–H groups in total. The van der Waals surface area contributed by atoms with Crippen LogP contribution in [-0.4, -0.2) is 33.5 Å². The molecule has 4 nitrogen and oxygen atoms in total. The zero-order valence-corrected chi connectivity index (χ0v) is 17.0. The number of rotatable bonds is 3. The number of aromatic nitrogens is 2. The van der Waals surface area contributed by atoms with E-state index in [0.29, 0.717) is 22.9 Å². The first-order chi connectivity index (χ1) is 13.7. The summed E-state index contributed by atoms with van der Waals surface area (Å²) in [5.41, 5.74) is 3.81. The lowest BCUT2D eigenvalue weighted by molar-refractivity contribution is 0.142. The van der Waals surface area contributed by atoms with Crippen molar-refractivity contribution in [2.24, 2.45) is 5.92 Å². The summed E-state index contributed by atoms with van der Waals surface area (Å²) in [6.07, 6.45) is 17.0. The van der Waals surface area contributed by atoms with E-state index >= 15 is 0 Å². The molecule has 0 radical (unpaired) electrons. The number of nitrogens with zero attached hydrogens (tertiary/aromatic N) is 2. The number of aliphatic hydroxyl groups excluding tert-OH is 1. The topological polar surface area (TPSA) is 55.2 Å². The van der Waals surface area contributed by atoms with Crippen LogP contribution in [0.5, 0.6) is 5.88 Å². The second-order valence-electron chi connectivity index (χ2n) is 7.95. The Morgan fingerprint density at radius 2 is 1.96 bits per heavy atom. The number of fused-ring (bicyclic) bond motifs is 3. The van der Waals surface area contributed by atoms with Gasteiger partial charge in [-0.2, -0.15) is 4.98 Å². The van der Waals surface area contributed by atoms with Crippen LogP contribution in [0.25, 0.3) is 5.57 Å². The van der Waals surface area contributed by atoms with Crippen LogP contribution in [0.1, 0.15) is 56.0 Å². The van der Waals surface area contributed by atoms with Crippen LogP contribution in [0.3, 0.4) is 0 Å². The molecule has 0 amide bonds. The molecule has 3 aliphatic carbocycles. The van der Waals surface area contributed by atoms with Crippen LogP contribution in [0.2, 0.25) is 0 Å². The molecule has 0 aromatic carbocycles. The molecule has 1 fully saturated rings. The Bertz CT molecular complexity index is 902. The van der Waals surface area contributed by atoms with Crippen molar-refractivity contribution >= 4 is 17.3 Å². The average molecular weight is 395 g/mol. The summed E-state index contributed by atoms with van der Waals surface area (Å²) in [6.45, 7) is 0. The molecular formula is C23H26N2O2S. The Morgan fingerprint density at radius 1 is 1.11 bits per heavy atom. The second kappa shape index (κ2) is 7.53. The fourth-order valence-electron chi connectivity index (χ4n) is 4.78. The SMILES string of the molecule is COc1cc(C2=C3SC4C=CCCC4C3=CCC2)nc(C2C=CCCC2O)n1. The second-order valence-corrected chi connectivity index (χ2v) is 9.14. The highest BCUT2D eigenvalue weighted by Crippen LogP contribution is 2.55. The van der Waals surface area contributed by atoms with Crippen LogP contribution in [-0.2, 0) is 0 Å². The molecule has 0 spiro atoms. The van der Waals surface area contributed by atoms with Gasteiger partial charge in [-0.05, 0) is 49.7 Å². The molecule has 146 valence electrons. The van der Waals surface area contributed by atoms with E-state index in [1.807, 2.05) is 23.9 Å². The number of methoxy groups -OCH3 is 1. The summed E-state index contributed by atoms with van der Waals surface area (Å²) in [7, 11) is 1.65. The third-order valence-electron chi connectivity index (χ3n) is 6.24. The van der Waals surface area contributed by atoms with Gasteiger partial charge in [-0.3, -0.25) is 0 Å². The van der Waals surface area contributed by atoms with Crippen molar-refractivity contribution in [3.8, 4) is 5.88 Å². The molecule has 5 heteroatoms. The van der Waals surface area contributed by atoms with Crippen molar-refractivity contribution in [2.45, 2.75) is 55.8 Å². The van der Waals surface area contributed by atoms with Gasteiger partial charge in [0.15, 0.2) is 0 Å². The predicted molar refractivity (Wildman–Crippen MR) is 113 cm³/mol. The number of hydrogen-bond acceptors (Lipinski definition) is 5. The smallest absolute Gasteiger partial charge is 0.216 e. The summed E-state index contributed by atoms with van der Waals surface area (Å²) in [4.78, 5) is 10.9. The van der Waals surface area contributed by atoms with Crippen LogP contribution in [0.15, 0.2) is 46.9 Å². The average Bonchev–Trinajstić information content (AvgIpc) is 3.12. The number of thioether (sulfide) groups is 1. The first-order valence-electron chi connectivity index (χ1n) is 10.3. The molecule has 28 heavy (non-hydrogen) atoms. The molecule has 4 atom stereocenters. The van der Waals surface area contributed by atoms with Gasteiger partial charge < -0.3 is 9.84 Å². The maximum atomic E-state index is 10.5. The normalized spacial score (nSPS) is 31.4. The Morgan fingerprint density at radius 3 is 2.82 bits per heavy atom.